The van der Waals surface area contributed by atoms with Crippen LogP contribution in [0.25, 0.3) is 0 Å². The van der Waals surface area contributed by atoms with Gasteiger partial charge in [0, 0.05) is 23.2 Å². The zero-order chi connectivity index (χ0) is 11.7. The quantitative estimate of drug-likeness (QED) is 0.688. The summed E-state index contributed by atoms with van der Waals surface area (Å²) in [5, 5.41) is 0. The molecule has 4 aliphatic heterocycles. The molecule has 96 valence electrons. The molecule has 0 N–H and O–H groups in total. The van der Waals surface area contributed by atoms with E-state index in [4.69, 9.17) is 0 Å². The molecule has 0 aromatic heterocycles. The second-order valence-electron chi connectivity index (χ2n) is 7.12. The highest BCUT2D eigenvalue weighted by molar-refractivity contribution is 5.24. The summed E-state index contributed by atoms with van der Waals surface area (Å²) >= 11 is 0. The summed E-state index contributed by atoms with van der Waals surface area (Å²) in [5.41, 5.74) is 1.13. The van der Waals surface area contributed by atoms with E-state index in [0.29, 0.717) is 11.1 Å². The van der Waals surface area contributed by atoms with Crippen LogP contribution >= 0.6 is 0 Å². The van der Waals surface area contributed by atoms with E-state index >= 15 is 0 Å². The fourth-order valence-electron chi connectivity index (χ4n) is 6.05. The van der Waals surface area contributed by atoms with Crippen molar-refractivity contribution in [2.24, 2.45) is 0 Å². The van der Waals surface area contributed by atoms with Crippen molar-refractivity contribution in [3.63, 3.8) is 0 Å². The third-order valence-electron chi connectivity index (χ3n) is 7.03. The van der Waals surface area contributed by atoms with E-state index < -0.39 is 0 Å². The van der Waals surface area contributed by atoms with Crippen molar-refractivity contribution in [1.82, 2.24) is 9.80 Å². The Bertz CT molecular complexity index is 334. The van der Waals surface area contributed by atoms with Gasteiger partial charge in [0.05, 0.1) is 0 Å². The van der Waals surface area contributed by atoms with E-state index in [-0.39, 0.29) is 0 Å². The minimum atomic E-state index is 0.557. The van der Waals surface area contributed by atoms with Crippen LogP contribution in [-0.4, -0.2) is 47.1 Å². The molecule has 0 spiro atoms. The average Bonchev–Trinajstić information content (AvgIpc) is 2.57. The topological polar surface area (TPSA) is 6.48 Å². The average molecular weight is 234 g/mol. The molecule has 1 saturated carbocycles. The van der Waals surface area contributed by atoms with Gasteiger partial charge in [-0.3, -0.25) is 9.80 Å². The first-order chi connectivity index (χ1) is 8.20. The first-order valence-corrected chi connectivity index (χ1v) is 7.66. The van der Waals surface area contributed by atoms with Crippen LogP contribution in [0, 0.1) is 0 Å². The maximum atomic E-state index is 2.81. The van der Waals surface area contributed by atoms with Crippen molar-refractivity contribution in [3.8, 4) is 0 Å². The van der Waals surface area contributed by atoms with Crippen molar-refractivity contribution < 1.29 is 0 Å². The number of hydrogen-bond donors (Lipinski definition) is 0. The Hall–Kier alpha value is -0.0800. The number of fused-ring (bicyclic) bond motifs is 4. The van der Waals surface area contributed by atoms with Gasteiger partial charge in [-0.15, -0.1) is 0 Å². The maximum Gasteiger partial charge on any atom is 0.0407 e. The summed E-state index contributed by atoms with van der Waals surface area (Å²) in [6.07, 6.45) is 13.3. The fraction of sp³-hybridized carbons (Fsp3) is 1.00. The Morgan fingerprint density at radius 1 is 0.765 bits per heavy atom. The summed E-state index contributed by atoms with van der Waals surface area (Å²) in [5.74, 6) is 0. The van der Waals surface area contributed by atoms with Gasteiger partial charge in [-0.2, -0.15) is 0 Å². The molecule has 5 aliphatic rings. The molecule has 2 heteroatoms. The zero-order valence-corrected chi connectivity index (χ0v) is 11.4. The van der Waals surface area contributed by atoms with Crippen LogP contribution in [0.2, 0.25) is 0 Å². The molecule has 2 nitrogen and oxygen atoms in total. The second kappa shape index (κ2) is 3.27. The smallest absolute Gasteiger partial charge is 0.0407 e. The highest BCUT2D eigenvalue weighted by Gasteiger charge is 2.67. The zero-order valence-electron chi connectivity index (χ0n) is 11.4. The molecule has 5 fully saturated rings. The molecule has 17 heavy (non-hydrogen) atoms. The Labute approximate surface area is 105 Å². The van der Waals surface area contributed by atoms with E-state index in [9.17, 15) is 0 Å². The third kappa shape index (κ3) is 1.06. The molecule has 1 aliphatic carbocycles. The highest BCUT2D eigenvalue weighted by atomic mass is 15.4. The van der Waals surface area contributed by atoms with E-state index in [1.807, 2.05) is 0 Å². The molecular weight excluding hydrogens is 208 g/mol. The van der Waals surface area contributed by atoms with Crippen molar-refractivity contribution in [3.05, 3.63) is 0 Å². The summed E-state index contributed by atoms with van der Waals surface area (Å²) in [6.45, 7) is 0. The largest absolute Gasteiger partial charge is 0.296 e. The van der Waals surface area contributed by atoms with Crippen LogP contribution < -0.4 is 0 Å². The number of nitrogens with zero attached hydrogens (tertiary/aromatic N) is 2. The van der Waals surface area contributed by atoms with E-state index in [0.717, 1.165) is 12.1 Å². The van der Waals surface area contributed by atoms with Gasteiger partial charge in [0.1, 0.15) is 0 Å². The predicted octanol–water partition coefficient (Wildman–Crippen LogP) is 2.63. The van der Waals surface area contributed by atoms with Crippen LogP contribution in [0.4, 0.5) is 0 Å². The minimum Gasteiger partial charge on any atom is -0.296 e. The van der Waals surface area contributed by atoms with Gasteiger partial charge in [-0.05, 0) is 71.9 Å². The Morgan fingerprint density at radius 2 is 1.41 bits per heavy atom. The van der Waals surface area contributed by atoms with Gasteiger partial charge in [0.2, 0.25) is 0 Å². The molecule has 0 aromatic rings. The van der Waals surface area contributed by atoms with Gasteiger partial charge in [-0.25, -0.2) is 0 Å². The normalized spacial score (nSPS) is 54.7. The van der Waals surface area contributed by atoms with E-state index in [1.54, 1.807) is 0 Å². The minimum absolute atomic E-state index is 0.557. The first kappa shape index (κ1) is 10.8. The van der Waals surface area contributed by atoms with Crippen LogP contribution in [0.1, 0.15) is 57.8 Å². The monoisotopic (exact) mass is 234 g/mol. The lowest BCUT2D eigenvalue weighted by Gasteiger charge is -2.70. The molecule has 5 rings (SSSR count). The number of piperidine rings is 2. The van der Waals surface area contributed by atoms with E-state index in [2.05, 4.69) is 23.9 Å². The number of rotatable bonds is 1. The highest BCUT2D eigenvalue weighted by Crippen LogP contribution is 2.60. The molecule has 0 aromatic carbocycles. The summed E-state index contributed by atoms with van der Waals surface area (Å²) in [4.78, 5) is 5.59. The molecule has 0 amide bonds. The van der Waals surface area contributed by atoms with Crippen LogP contribution in [0.5, 0.6) is 0 Å². The molecular formula is C15H26N2. The van der Waals surface area contributed by atoms with Gasteiger partial charge < -0.3 is 0 Å². The van der Waals surface area contributed by atoms with Crippen molar-refractivity contribution in [1.29, 1.82) is 0 Å². The van der Waals surface area contributed by atoms with E-state index in [1.165, 1.54) is 57.8 Å². The molecule has 4 saturated heterocycles. The van der Waals surface area contributed by atoms with Crippen molar-refractivity contribution in [2.75, 3.05) is 14.1 Å². The lowest BCUT2D eigenvalue weighted by atomic mass is 9.56. The summed E-state index contributed by atoms with van der Waals surface area (Å²) in [7, 11) is 4.85. The molecule has 4 unspecified atom stereocenters. The Morgan fingerprint density at radius 3 is 2.12 bits per heavy atom. The van der Waals surface area contributed by atoms with Crippen LogP contribution in [-0.2, 0) is 0 Å². The fourth-order valence-corrected chi connectivity index (χ4v) is 6.05. The van der Waals surface area contributed by atoms with Crippen molar-refractivity contribution >= 4 is 0 Å². The van der Waals surface area contributed by atoms with Gasteiger partial charge in [0.15, 0.2) is 0 Å². The lowest BCUT2D eigenvalue weighted by Crippen LogP contribution is -2.79. The number of hydrogen-bond acceptors (Lipinski definition) is 2. The Kier molecular flexibility index (Phi) is 2.08. The first-order valence-electron chi connectivity index (χ1n) is 7.66. The SMILES string of the molecule is CN1C2CCCC1(C13CCCC(C1)N3C)CC2. The van der Waals surface area contributed by atoms with Gasteiger partial charge in [-0.1, -0.05) is 0 Å². The standard InChI is InChI=1S/C15H26N2/c1-16-12-5-3-8-14(16,10-7-12)15-9-4-6-13(11-15)17(15)2/h12-13H,3-11H2,1-2H3. The molecule has 4 atom stereocenters. The van der Waals surface area contributed by atoms with Crippen molar-refractivity contribution in [2.45, 2.75) is 80.9 Å². The van der Waals surface area contributed by atoms with Gasteiger partial charge in [0.25, 0.3) is 0 Å². The number of likely N-dealkylation sites (N-methyl/N-ethyl adjacent to an activating group) is 2. The lowest BCUT2D eigenvalue weighted by molar-refractivity contribution is -0.182. The maximum absolute atomic E-state index is 2.81. The van der Waals surface area contributed by atoms with Gasteiger partial charge >= 0.3 is 0 Å². The molecule has 4 bridgehead atoms. The Balaban J connectivity index is 1.73. The predicted molar refractivity (Wildman–Crippen MR) is 70.1 cm³/mol. The summed E-state index contributed by atoms with van der Waals surface area (Å²) in [6, 6.07) is 1.83. The molecule has 0 radical (unpaired) electrons. The molecule has 4 heterocycles. The summed E-state index contributed by atoms with van der Waals surface area (Å²) < 4.78 is 0. The third-order valence-corrected chi connectivity index (χ3v) is 7.03. The second-order valence-corrected chi connectivity index (χ2v) is 7.12. The van der Waals surface area contributed by atoms with Crippen LogP contribution in [0.3, 0.4) is 0 Å². The van der Waals surface area contributed by atoms with Crippen LogP contribution in [0.15, 0.2) is 0 Å².